The molecule has 0 aromatic rings. The number of nitrogens with zero attached hydrogens (tertiary/aromatic N) is 2. The summed E-state index contributed by atoms with van der Waals surface area (Å²) in [7, 11) is 2.26. The Morgan fingerprint density at radius 3 is 2.75 bits per heavy atom. The maximum atomic E-state index is 11.3. The molecule has 0 saturated carbocycles. The molecule has 2 fully saturated rings. The van der Waals surface area contributed by atoms with E-state index in [1.54, 1.807) is 0 Å². The van der Waals surface area contributed by atoms with E-state index in [1.807, 2.05) is 6.08 Å². The molecule has 0 N–H and O–H groups in total. The molecule has 1 aliphatic carbocycles. The molecule has 0 aromatic heterocycles. The molecular weight excluding hydrogens is 200 g/mol. The van der Waals surface area contributed by atoms with E-state index in [9.17, 15) is 4.79 Å². The molecule has 2 aliphatic heterocycles. The quantitative estimate of drug-likeness (QED) is 0.667. The summed E-state index contributed by atoms with van der Waals surface area (Å²) in [6, 6.07) is 1.50. The molecule has 88 valence electrons. The first-order valence-corrected chi connectivity index (χ1v) is 6.44. The second-order valence-electron chi connectivity index (χ2n) is 5.39. The fourth-order valence-corrected chi connectivity index (χ4v) is 3.40. The number of likely N-dealkylation sites (N-methyl/N-ethyl adjacent to an activating group) is 1. The number of ketones is 1. The predicted octanol–water partition coefficient (Wildman–Crippen LogP) is 1.40. The zero-order valence-electron chi connectivity index (χ0n) is 9.98. The molecule has 16 heavy (non-hydrogen) atoms. The number of rotatable bonds is 1. The van der Waals surface area contributed by atoms with E-state index in [2.05, 4.69) is 16.8 Å². The molecule has 0 spiro atoms. The summed E-state index contributed by atoms with van der Waals surface area (Å²) in [5, 5.41) is 0. The van der Waals surface area contributed by atoms with Crippen LogP contribution in [0.3, 0.4) is 0 Å². The molecule has 2 atom stereocenters. The SMILES string of the molecule is CN1C2CCC1CN(C1=CC(=O)CC1)CC2. The second-order valence-corrected chi connectivity index (χ2v) is 5.39. The van der Waals surface area contributed by atoms with Gasteiger partial charge in [-0.15, -0.1) is 0 Å². The Balaban J connectivity index is 1.74. The zero-order valence-corrected chi connectivity index (χ0v) is 9.98. The Morgan fingerprint density at radius 1 is 1.19 bits per heavy atom. The van der Waals surface area contributed by atoms with E-state index in [0.717, 1.165) is 32.0 Å². The van der Waals surface area contributed by atoms with Gasteiger partial charge in [-0.3, -0.25) is 9.69 Å². The summed E-state index contributed by atoms with van der Waals surface area (Å²) in [5.74, 6) is 0.317. The number of hydrogen-bond donors (Lipinski definition) is 0. The summed E-state index contributed by atoms with van der Waals surface area (Å²) in [6.07, 6.45) is 7.54. The Kier molecular flexibility index (Phi) is 2.51. The van der Waals surface area contributed by atoms with Crippen molar-refractivity contribution < 1.29 is 4.79 Å². The van der Waals surface area contributed by atoms with E-state index in [-0.39, 0.29) is 0 Å². The first-order valence-electron chi connectivity index (χ1n) is 6.44. The number of fused-ring (bicyclic) bond motifs is 2. The van der Waals surface area contributed by atoms with Gasteiger partial charge in [0.1, 0.15) is 0 Å². The van der Waals surface area contributed by atoms with Crippen LogP contribution in [0.15, 0.2) is 11.8 Å². The highest BCUT2D eigenvalue weighted by Gasteiger charge is 2.35. The van der Waals surface area contributed by atoms with Gasteiger partial charge in [0.05, 0.1) is 0 Å². The van der Waals surface area contributed by atoms with Gasteiger partial charge in [0.15, 0.2) is 5.78 Å². The van der Waals surface area contributed by atoms with Crippen LogP contribution in [0.1, 0.15) is 32.1 Å². The van der Waals surface area contributed by atoms with Gasteiger partial charge in [0.2, 0.25) is 0 Å². The molecule has 3 heteroatoms. The van der Waals surface area contributed by atoms with Crippen molar-refractivity contribution >= 4 is 5.78 Å². The average molecular weight is 220 g/mol. The van der Waals surface area contributed by atoms with Crippen molar-refractivity contribution in [3.8, 4) is 0 Å². The largest absolute Gasteiger partial charge is 0.373 e. The van der Waals surface area contributed by atoms with Gasteiger partial charge in [-0.1, -0.05) is 0 Å². The van der Waals surface area contributed by atoms with Gasteiger partial charge in [0, 0.05) is 43.4 Å². The van der Waals surface area contributed by atoms with E-state index < -0.39 is 0 Å². The minimum Gasteiger partial charge on any atom is -0.373 e. The molecule has 2 saturated heterocycles. The van der Waals surface area contributed by atoms with Crippen molar-refractivity contribution in [3.05, 3.63) is 11.8 Å². The Hall–Kier alpha value is -0.830. The lowest BCUT2D eigenvalue weighted by molar-refractivity contribution is -0.114. The minimum absolute atomic E-state index is 0.317. The Labute approximate surface area is 97.1 Å². The van der Waals surface area contributed by atoms with Gasteiger partial charge < -0.3 is 4.90 Å². The summed E-state index contributed by atoms with van der Waals surface area (Å²) >= 11 is 0. The number of carbonyl (C=O) groups excluding carboxylic acids is 1. The highest BCUT2D eigenvalue weighted by Crippen LogP contribution is 2.31. The van der Waals surface area contributed by atoms with Crippen LogP contribution >= 0.6 is 0 Å². The average Bonchev–Trinajstić information content (AvgIpc) is 2.74. The molecule has 0 radical (unpaired) electrons. The third-order valence-electron chi connectivity index (χ3n) is 4.51. The third-order valence-corrected chi connectivity index (χ3v) is 4.51. The molecular formula is C13H20N2O. The smallest absolute Gasteiger partial charge is 0.157 e. The number of likely N-dealkylation sites (tertiary alicyclic amines) is 1. The molecule has 3 nitrogen and oxygen atoms in total. The van der Waals surface area contributed by atoms with Crippen LogP contribution in [0, 0.1) is 0 Å². The van der Waals surface area contributed by atoms with Crippen LogP contribution in [0.4, 0.5) is 0 Å². The van der Waals surface area contributed by atoms with Crippen molar-refractivity contribution in [2.24, 2.45) is 0 Å². The first kappa shape index (κ1) is 10.3. The predicted molar refractivity (Wildman–Crippen MR) is 63.1 cm³/mol. The molecule has 2 heterocycles. The zero-order chi connectivity index (χ0) is 11.1. The van der Waals surface area contributed by atoms with Crippen LogP contribution in [0.25, 0.3) is 0 Å². The molecule has 2 bridgehead atoms. The standard InChI is InChI=1S/C13H20N2O/c1-14-10-2-3-12(14)9-15(7-6-10)11-4-5-13(16)8-11/h8,10,12H,2-7,9H2,1H3. The minimum atomic E-state index is 0.317. The lowest BCUT2D eigenvalue weighted by Gasteiger charge is -2.28. The van der Waals surface area contributed by atoms with Crippen molar-refractivity contribution in [1.29, 1.82) is 0 Å². The monoisotopic (exact) mass is 220 g/mol. The molecule has 3 rings (SSSR count). The molecule has 0 amide bonds. The number of hydrogen-bond acceptors (Lipinski definition) is 3. The third kappa shape index (κ3) is 1.67. The van der Waals surface area contributed by atoms with Crippen molar-refractivity contribution in [2.75, 3.05) is 20.1 Å². The number of carbonyl (C=O) groups is 1. The normalized spacial score (nSPS) is 35.4. The summed E-state index contributed by atoms with van der Waals surface area (Å²) in [4.78, 5) is 16.3. The molecule has 0 aromatic carbocycles. The van der Waals surface area contributed by atoms with E-state index >= 15 is 0 Å². The maximum absolute atomic E-state index is 11.3. The van der Waals surface area contributed by atoms with Gasteiger partial charge in [-0.25, -0.2) is 0 Å². The van der Waals surface area contributed by atoms with Gasteiger partial charge in [-0.05, 0) is 32.7 Å². The highest BCUT2D eigenvalue weighted by molar-refractivity contribution is 5.92. The Morgan fingerprint density at radius 2 is 2.00 bits per heavy atom. The second kappa shape index (κ2) is 3.88. The van der Waals surface area contributed by atoms with Crippen LogP contribution in [0.2, 0.25) is 0 Å². The molecule has 2 unspecified atom stereocenters. The van der Waals surface area contributed by atoms with Gasteiger partial charge in [0.25, 0.3) is 0 Å². The van der Waals surface area contributed by atoms with Crippen LogP contribution < -0.4 is 0 Å². The van der Waals surface area contributed by atoms with Crippen molar-refractivity contribution in [1.82, 2.24) is 9.80 Å². The van der Waals surface area contributed by atoms with E-state index in [4.69, 9.17) is 0 Å². The lowest BCUT2D eigenvalue weighted by atomic mass is 10.1. The summed E-state index contributed by atoms with van der Waals surface area (Å²) in [6.45, 7) is 2.27. The molecule has 3 aliphatic rings. The van der Waals surface area contributed by atoms with E-state index in [1.165, 1.54) is 25.0 Å². The van der Waals surface area contributed by atoms with Crippen molar-refractivity contribution in [2.45, 2.75) is 44.2 Å². The summed E-state index contributed by atoms with van der Waals surface area (Å²) < 4.78 is 0. The summed E-state index contributed by atoms with van der Waals surface area (Å²) in [5.41, 5.74) is 1.30. The highest BCUT2D eigenvalue weighted by atomic mass is 16.1. The Bertz CT molecular complexity index is 337. The van der Waals surface area contributed by atoms with Crippen LogP contribution in [-0.2, 0) is 4.79 Å². The lowest BCUT2D eigenvalue weighted by Crippen LogP contribution is -2.36. The van der Waals surface area contributed by atoms with Crippen LogP contribution in [-0.4, -0.2) is 47.8 Å². The van der Waals surface area contributed by atoms with Crippen molar-refractivity contribution in [3.63, 3.8) is 0 Å². The fraction of sp³-hybridized carbons (Fsp3) is 0.769. The maximum Gasteiger partial charge on any atom is 0.157 e. The van der Waals surface area contributed by atoms with Gasteiger partial charge >= 0.3 is 0 Å². The van der Waals surface area contributed by atoms with Crippen LogP contribution in [0.5, 0.6) is 0 Å². The topological polar surface area (TPSA) is 23.6 Å². The van der Waals surface area contributed by atoms with E-state index in [0.29, 0.717) is 11.8 Å². The number of allylic oxidation sites excluding steroid dienone is 2. The van der Waals surface area contributed by atoms with Gasteiger partial charge in [-0.2, -0.15) is 0 Å². The first-order chi connectivity index (χ1) is 7.74. The fourth-order valence-electron chi connectivity index (χ4n) is 3.40.